The van der Waals surface area contributed by atoms with Crippen molar-refractivity contribution in [2.24, 2.45) is 0 Å². The monoisotopic (exact) mass is 382 g/mol. The van der Waals surface area contributed by atoms with Crippen LogP contribution in [0.1, 0.15) is 43.4 Å². The number of carbonyl (C=O) groups is 1. The molecule has 1 fully saturated rings. The summed E-state index contributed by atoms with van der Waals surface area (Å²) >= 11 is 0. The van der Waals surface area contributed by atoms with Crippen LogP contribution in [0, 0.1) is 0 Å². The maximum absolute atomic E-state index is 12.6. The van der Waals surface area contributed by atoms with Crippen LogP contribution in [-0.2, 0) is 18.3 Å². The Hall–Kier alpha value is -2.69. The van der Waals surface area contributed by atoms with Crippen molar-refractivity contribution in [2.75, 3.05) is 26.1 Å². The number of para-hydroxylation sites is 1. The summed E-state index contributed by atoms with van der Waals surface area (Å²) in [5.74, 6) is 1.44. The van der Waals surface area contributed by atoms with Crippen LogP contribution in [0.4, 0.5) is 10.5 Å². The average Bonchev–Trinajstić information content (AvgIpc) is 3.53. The van der Waals surface area contributed by atoms with E-state index in [2.05, 4.69) is 48.7 Å². The number of rotatable bonds is 8. The van der Waals surface area contributed by atoms with Crippen LogP contribution in [0.2, 0.25) is 0 Å². The van der Waals surface area contributed by atoms with Gasteiger partial charge in [-0.15, -0.1) is 0 Å². The summed E-state index contributed by atoms with van der Waals surface area (Å²) in [7, 11) is 3.28. The molecule has 5 nitrogen and oxygen atoms in total. The third-order valence-corrected chi connectivity index (χ3v) is 5.67. The Bertz CT molecular complexity index is 821. The molecule has 2 aromatic rings. The summed E-state index contributed by atoms with van der Waals surface area (Å²) in [6, 6.07) is 12.1. The second-order valence-electron chi connectivity index (χ2n) is 7.32. The number of amides is 2. The molecule has 2 amide bonds. The van der Waals surface area contributed by atoms with Gasteiger partial charge in [-0.1, -0.05) is 38.1 Å². The number of benzene rings is 2. The summed E-state index contributed by atoms with van der Waals surface area (Å²) in [6.45, 7) is 4.81. The van der Waals surface area contributed by atoms with E-state index in [1.807, 2.05) is 12.1 Å². The summed E-state index contributed by atoms with van der Waals surface area (Å²) in [4.78, 5) is 12.6. The number of hydrogen-bond donors (Lipinski definition) is 2. The molecule has 150 valence electrons. The molecule has 0 aliphatic heterocycles. The Morgan fingerprint density at radius 3 is 2.18 bits per heavy atom. The molecule has 5 heteroatoms. The zero-order chi connectivity index (χ0) is 20.1. The molecule has 0 atom stereocenters. The molecule has 0 unspecified atom stereocenters. The van der Waals surface area contributed by atoms with Crippen LogP contribution in [-0.4, -0.2) is 26.8 Å². The maximum Gasteiger partial charge on any atom is 0.319 e. The van der Waals surface area contributed by atoms with E-state index in [1.54, 1.807) is 14.2 Å². The minimum absolute atomic E-state index is 0.0191. The topological polar surface area (TPSA) is 59.6 Å². The van der Waals surface area contributed by atoms with Gasteiger partial charge in [0.25, 0.3) is 0 Å². The van der Waals surface area contributed by atoms with Gasteiger partial charge in [-0.25, -0.2) is 4.79 Å². The molecule has 3 rings (SSSR count). The fraction of sp³-hybridized carbons (Fsp3) is 0.435. The van der Waals surface area contributed by atoms with E-state index in [4.69, 9.17) is 9.47 Å². The fourth-order valence-electron chi connectivity index (χ4n) is 3.69. The smallest absolute Gasteiger partial charge is 0.319 e. The molecule has 28 heavy (non-hydrogen) atoms. The zero-order valence-corrected chi connectivity index (χ0v) is 17.2. The van der Waals surface area contributed by atoms with Crippen molar-refractivity contribution in [1.29, 1.82) is 0 Å². The third kappa shape index (κ3) is 4.08. The van der Waals surface area contributed by atoms with Crippen molar-refractivity contribution in [2.45, 2.75) is 44.9 Å². The van der Waals surface area contributed by atoms with Crippen LogP contribution in [0.25, 0.3) is 0 Å². The van der Waals surface area contributed by atoms with Crippen molar-refractivity contribution in [3.63, 3.8) is 0 Å². The number of aryl methyl sites for hydroxylation is 2. The molecule has 0 bridgehead atoms. The van der Waals surface area contributed by atoms with Gasteiger partial charge in [0, 0.05) is 17.6 Å². The molecule has 0 radical (unpaired) electrons. The SMILES string of the molecule is CCc1cccc(CC)c1NC(=O)NCC1(c2ccc(OC)c(OC)c2)CC1. The second-order valence-corrected chi connectivity index (χ2v) is 7.32. The van der Waals surface area contributed by atoms with E-state index in [0.717, 1.165) is 54.0 Å². The van der Waals surface area contributed by atoms with Crippen LogP contribution < -0.4 is 20.1 Å². The number of ether oxygens (including phenoxy) is 2. The first-order valence-corrected chi connectivity index (χ1v) is 9.95. The van der Waals surface area contributed by atoms with Crippen LogP contribution >= 0.6 is 0 Å². The molecular weight excluding hydrogens is 352 g/mol. The summed E-state index contributed by atoms with van der Waals surface area (Å²) in [5, 5.41) is 6.16. The first-order valence-electron chi connectivity index (χ1n) is 9.95. The van der Waals surface area contributed by atoms with E-state index in [1.165, 1.54) is 5.56 Å². The van der Waals surface area contributed by atoms with Gasteiger partial charge in [-0.3, -0.25) is 0 Å². The van der Waals surface area contributed by atoms with Gasteiger partial charge in [0.2, 0.25) is 0 Å². The molecule has 0 heterocycles. The fourth-order valence-corrected chi connectivity index (χ4v) is 3.69. The van der Waals surface area contributed by atoms with E-state index < -0.39 is 0 Å². The molecule has 0 aromatic heterocycles. The van der Waals surface area contributed by atoms with Crippen molar-refractivity contribution >= 4 is 11.7 Å². The van der Waals surface area contributed by atoms with Gasteiger partial charge in [-0.05, 0) is 54.5 Å². The predicted molar refractivity (Wildman–Crippen MR) is 113 cm³/mol. The van der Waals surface area contributed by atoms with Gasteiger partial charge in [0.05, 0.1) is 14.2 Å². The van der Waals surface area contributed by atoms with Crippen molar-refractivity contribution in [3.05, 3.63) is 53.1 Å². The largest absolute Gasteiger partial charge is 0.493 e. The Balaban J connectivity index is 1.68. The van der Waals surface area contributed by atoms with Gasteiger partial charge < -0.3 is 20.1 Å². The Morgan fingerprint density at radius 2 is 1.64 bits per heavy atom. The lowest BCUT2D eigenvalue weighted by molar-refractivity contribution is 0.251. The minimum Gasteiger partial charge on any atom is -0.493 e. The highest BCUT2D eigenvalue weighted by atomic mass is 16.5. The Labute approximate surface area is 167 Å². The predicted octanol–water partition coefficient (Wildman–Crippen LogP) is 4.68. The number of urea groups is 1. The summed E-state index contributed by atoms with van der Waals surface area (Å²) in [5.41, 5.74) is 4.43. The van der Waals surface area contributed by atoms with E-state index >= 15 is 0 Å². The van der Waals surface area contributed by atoms with E-state index in [0.29, 0.717) is 6.54 Å². The van der Waals surface area contributed by atoms with Crippen LogP contribution in [0.15, 0.2) is 36.4 Å². The molecule has 1 aliphatic carbocycles. The lowest BCUT2D eigenvalue weighted by Crippen LogP contribution is -2.35. The summed E-state index contributed by atoms with van der Waals surface area (Å²) < 4.78 is 10.8. The molecule has 0 saturated heterocycles. The lowest BCUT2D eigenvalue weighted by atomic mass is 9.95. The molecule has 1 saturated carbocycles. The second kappa shape index (κ2) is 8.55. The highest BCUT2D eigenvalue weighted by Gasteiger charge is 2.44. The number of methoxy groups -OCH3 is 2. The van der Waals surface area contributed by atoms with Crippen LogP contribution in [0.5, 0.6) is 11.5 Å². The minimum atomic E-state index is -0.151. The molecule has 0 spiro atoms. The van der Waals surface area contributed by atoms with Crippen LogP contribution in [0.3, 0.4) is 0 Å². The van der Waals surface area contributed by atoms with E-state index in [-0.39, 0.29) is 11.4 Å². The molecule has 2 aromatic carbocycles. The first kappa shape index (κ1) is 20.1. The highest BCUT2D eigenvalue weighted by molar-refractivity contribution is 5.91. The number of carbonyl (C=O) groups excluding carboxylic acids is 1. The normalized spacial score (nSPS) is 14.3. The van der Waals surface area contributed by atoms with Gasteiger partial charge in [0.15, 0.2) is 11.5 Å². The number of nitrogens with one attached hydrogen (secondary N) is 2. The van der Waals surface area contributed by atoms with Crippen molar-refractivity contribution in [1.82, 2.24) is 5.32 Å². The molecular formula is C23H30N2O3. The highest BCUT2D eigenvalue weighted by Crippen LogP contribution is 2.49. The molecule has 2 N–H and O–H groups in total. The van der Waals surface area contributed by atoms with E-state index in [9.17, 15) is 4.79 Å². The van der Waals surface area contributed by atoms with Gasteiger partial charge >= 0.3 is 6.03 Å². The van der Waals surface area contributed by atoms with Gasteiger partial charge in [0.1, 0.15) is 0 Å². The van der Waals surface area contributed by atoms with Gasteiger partial charge in [-0.2, -0.15) is 0 Å². The number of anilines is 1. The zero-order valence-electron chi connectivity index (χ0n) is 17.2. The van der Waals surface area contributed by atoms with Crippen molar-refractivity contribution < 1.29 is 14.3 Å². The third-order valence-electron chi connectivity index (χ3n) is 5.67. The Kier molecular flexibility index (Phi) is 6.12. The lowest BCUT2D eigenvalue weighted by Gasteiger charge is -2.20. The first-order chi connectivity index (χ1) is 13.6. The standard InChI is InChI=1S/C23H30N2O3/c1-5-16-8-7-9-17(6-2)21(16)25-22(26)24-15-23(12-13-23)18-10-11-19(27-3)20(14-18)28-4/h7-11,14H,5-6,12-13,15H2,1-4H3,(H2,24,25,26). The van der Waals surface area contributed by atoms with Crippen molar-refractivity contribution in [3.8, 4) is 11.5 Å². The average molecular weight is 383 g/mol. The maximum atomic E-state index is 12.6. The Morgan fingerprint density at radius 1 is 1.00 bits per heavy atom. The number of hydrogen-bond acceptors (Lipinski definition) is 3. The summed E-state index contributed by atoms with van der Waals surface area (Å²) in [6.07, 6.45) is 3.88. The quantitative estimate of drug-likeness (QED) is 0.697. The molecule has 1 aliphatic rings.